The highest BCUT2D eigenvalue weighted by molar-refractivity contribution is 7.57. The molecule has 2 rings (SSSR count). The van der Waals surface area contributed by atoms with Crippen molar-refractivity contribution in [1.82, 2.24) is 0 Å². The van der Waals surface area contributed by atoms with E-state index in [2.05, 4.69) is 0 Å². The first kappa shape index (κ1) is 26.1. The van der Waals surface area contributed by atoms with Gasteiger partial charge in [0.25, 0.3) is 0 Å². The van der Waals surface area contributed by atoms with Crippen molar-refractivity contribution in [3.05, 3.63) is 65.7 Å². The van der Waals surface area contributed by atoms with Crippen LogP contribution in [0.5, 0.6) is 5.75 Å². The lowest BCUT2D eigenvalue weighted by atomic mass is 9.82. The predicted octanol–water partition coefficient (Wildman–Crippen LogP) is 6.00. The summed E-state index contributed by atoms with van der Waals surface area (Å²) in [6.07, 6.45) is -0.270. The third-order valence-corrected chi connectivity index (χ3v) is 8.33. The third-order valence-electron chi connectivity index (χ3n) is 5.43. The summed E-state index contributed by atoms with van der Waals surface area (Å²) in [4.78, 5) is 13.8. The average molecular weight is 463 g/mol. The maximum atomic E-state index is 14.4. The maximum Gasteiger partial charge on any atom is 0.348 e. The number of esters is 1. The smallest absolute Gasteiger partial charge is 0.348 e. The zero-order chi connectivity index (χ0) is 23.8. The molecule has 0 saturated heterocycles. The van der Waals surface area contributed by atoms with Gasteiger partial charge in [0.15, 0.2) is 5.16 Å². The van der Waals surface area contributed by atoms with Crippen LogP contribution in [0.2, 0.25) is 0 Å². The Balaban J connectivity index is 2.77. The van der Waals surface area contributed by atoms with Crippen LogP contribution in [0.1, 0.15) is 51.7 Å². The first-order chi connectivity index (χ1) is 15.2. The van der Waals surface area contributed by atoms with Gasteiger partial charge in [-0.1, -0.05) is 49.4 Å². The normalized spacial score (nSPS) is 14.6. The Labute approximate surface area is 191 Å². The molecule has 0 radical (unpaired) electrons. The number of hydrogen-bond acceptors (Lipinski definition) is 6. The molecule has 2 atom stereocenters. The van der Waals surface area contributed by atoms with Gasteiger partial charge in [0.05, 0.1) is 26.4 Å². The van der Waals surface area contributed by atoms with E-state index in [1.807, 2.05) is 61.5 Å². The molecule has 2 aromatic carbocycles. The zero-order valence-electron chi connectivity index (χ0n) is 19.9. The number of methoxy groups -OCH3 is 1. The molecule has 6 nitrogen and oxygen atoms in total. The molecule has 32 heavy (non-hydrogen) atoms. The molecule has 0 spiro atoms. The lowest BCUT2D eigenvalue weighted by molar-refractivity contribution is -0.152. The van der Waals surface area contributed by atoms with Crippen LogP contribution in [0.3, 0.4) is 0 Å². The molecule has 0 N–H and O–H groups in total. The van der Waals surface area contributed by atoms with E-state index < -0.39 is 30.7 Å². The fraction of sp³-hybridized carbons (Fsp3) is 0.480. The van der Waals surface area contributed by atoms with Crippen LogP contribution in [0, 0.1) is 0 Å². The molecule has 0 saturated carbocycles. The number of hydrogen-bond donors (Lipinski definition) is 0. The summed E-state index contributed by atoms with van der Waals surface area (Å²) < 4.78 is 37.0. The summed E-state index contributed by atoms with van der Waals surface area (Å²) in [5, 5.41) is -1.58. The minimum atomic E-state index is -3.98. The second-order valence-corrected chi connectivity index (χ2v) is 10.2. The molecule has 0 bridgehead atoms. The highest BCUT2D eigenvalue weighted by Crippen LogP contribution is 2.66. The Kier molecular flexibility index (Phi) is 9.50. The van der Waals surface area contributed by atoms with Crippen molar-refractivity contribution in [2.45, 2.75) is 58.2 Å². The van der Waals surface area contributed by atoms with Crippen LogP contribution >= 0.6 is 7.60 Å². The van der Waals surface area contributed by atoms with Gasteiger partial charge in [0, 0.05) is 12.3 Å². The van der Waals surface area contributed by atoms with E-state index >= 15 is 0 Å². The Bertz CT molecular complexity index is 886. The van der Waals surface area contributed by atoms with Crippen LogP contribution in [0.15, 0.2) is 54.6 Å². The number of ether oxygens (including phenoxy) is 2. The monoisotopic (exact) mass is 462 g/mol. The summed E-state index contributed by atoms with van der Waals surface area (Å²) >= 11 is 0. The summed E-state index contributed by atoms with van der Waals surface area (Å²) in [7, 11) is -2.39. The van der Waals surface area contributed by atoms with E-state index in [1.165, 1.54) is 0 Å². The lowest BCUT2D eigenvalue weighted by Gasteiger charge is -2.41. The largest absolute Gasteiger partial charge is 0.497 e. The van der Waals surface area contributed by atoms with Crippen molar-refractivity contribution in [3.63, 3.8) is 0 Å². The predicted molar refractivity (Wildman–Crippen MR) is 126 cm³/mol. The van der Waals surface area contributed by atoms with Gasteiger partial charge >= 0.3 is 13.6 Å². The SMILES string of the molecule is CCOP(=O)(OCC)[C@@](Cc1ccc(OC)cc1)(C(=O)OC(C)C)[C@@H](C)c1ccccc1. The van der Waals surface area contributed by atoms with Gasteiger partial charge in [-0.05, 0) is 51.0 Å². The first-order valence-electron chi connectivity index (χ1n) is 11.0. The van der Waals surface area contributed by atoms with Crippen molar-refractivity contribution in [2.24, 2.45) is 0 Å². The van der Waals surface area contributed by atoms with E-state index in [0.29, 0.717) is 5.75 Å². The van der Waals surface area contributed by atoms with Crippen molar-refractivity contribution < 1.29 is 27.9 Å². The second-order valence-electron chi connectivity index (χ2n) is 7.87. The molecule has 0 aliphatic carbocycles. The average Bonchev–Trinajstić information content (AvgIpc) is 2.77. The van der Waals surface area contributed by atoms with Crippen molar-refractivity contribution >= 4 is 13.6 Å². The van der Waals surface area contributed by atoms with Gasteiger partial charge in [-0.2, -0.15) is 0 Å². The van der Waals surface area contributed by atoms with E-state index in [0.717, 1.165) is 11.1 Å². The molecule has 0 heterocycles. The van der Waals surface area contributed by atoms with Crippen LogP contribution in [-0.4, -0.2) is 37.6 Å². The number of rotatable bonds is 12. The summed E-state index contributed by atoms with van der Waals surface area (Å²) in [6, 6.07) is 16.9. The Hall–Kier alpha value is -2.14. The fourth-order valence-corrected chi connectivity index (χ4v) is 6.33. The van der Waals surface area contributed by atoms with Crippen molar-refractivity contribution in [2.75, 3.05) is 20.3 Å². The molecule has 0 amide bonds. The van der Waals surface area contributed by atoms with Gasteiger partial charge < -0.3 is 18.5 Å². The number of benzene rings is 2. The molecule has 0 aliphatic rings. The van der Waals surface area contributed by atoms with E-state index in [-0.39, 0.29) is 19.6 Å². The molecule has 0 aliphatic heterocycles. The minimum Gasteiger partial charge on any atom is -0.497 e. The van der Waals surface area contributed by atoms with E-state index in [9.17, 15) is 9.36 Å². The topological polar surface area (TPSA) is 71.1 Å². The van der Waals surface area contributed by atoms with Crippen molar-refractivity contribution in [3.8, 4) is 5.75 Å². The fourth-order valence-electron chi connectivity index (χ4n) is 3.84. The quantitative estimate of drug-likeness (QED) is 0.285. The standard InChI is InChI=1S/C25H35O6P/c1-7-29-32(27,30-8-2)25(24(26)31-19(3)4,20(5)22-12-10-9-11-13-22)18-21-14-16-23(28-6)17-15-21/h9-17,19-20H,7-8,18H2,1-6H3/t20-,25+/m0/s1. The van der Waals surface area contributed by atoms with Crippen LogP contribution in [0.25, 0.3) is 0 Å². The number of carbonyl (C=O) groups is 1. The zero-order valence-corrected chi connectivity index (χ0v) is 20.8. The molecule has 2 aromatic rings. The van der Waals surface area contributed by atoms with Gasteiger partial charge in [0.1, 0.15) is 5.75 Å². The molecule has 0 unspecified atom stereocenters. The second kappa shape index (κ2) is 11.6. The highest BCUT2D eigenvalue weighted by Gasteiger charge is 2.61. The number of carbonyl (C=O) groups excluding carboxylic acids is 1. The highest BCUT2D eigenvalue weighted by atomic mass is 31.2. The van der Waals surface area contributed by atoms with Crippen LogP contribution in [-0.2, 0) is 29.6 Å². The Morgan fingerprint density at radius 1 is 0.938 bits per heavy atom. The summed E-state index contributed by atoms with van der Waals surface area (Å²) in [5.74, 6) is -0.413. The van der Waals surface area contributed by atoms with Crippen LogP contribution in [0.4, 0.5) is 0 Å². The summed E-state index contributed by atoms with van der Waals surface area (Å²) in [5.41, 5.74) is 1.65. The van der Waals surface area contributed by atoms with Gasteiger partial charge in [-0.15, -0.1) is 0 Å². The molecule has 0 aromatic heterocycles. The van der Waals surface area contributed by atoms with Gasteiger partial charge in [-0.25, -0.2) is 0 Å². The van der Waals surface area contributed by atoms with E-state index in [4.69, 9.17) is 18.5 Å². The van der Waals surface area contributed by atoms with Gasteiger partial charge in [-0.3, -0.25) is 9.36 Å². The third kappa shape index (κ3) is 5.61. The maximum absolute atomic E-state index is 14.4. The lowest BCUT2D eigenvalue weighted by Crippen LogP contribution is -2.48. The Morgan fingerprint density at radius 2 is 1.50 bits per heavy atom. The summed E-state index contributed by atoms with van der Waals surface area (Å²) in [6.45, 7) is 9.18. The van der Waals surface area contributed by atoms with Crippen molar-refractivity contribution in [1.29, 1.82) is 0 Å². The first-order valence-corrected chi connectivity index (χ1v) is 12.6. The van der Waals surface area contributed by atoms with Gasteiger partial charge in [0.2, 0.25) is 0 Å². The molecular formula is C25H35O6P. The molecule has 7 heteroatoms. The molecule has 176 valence electrons. The Morgan fingerprint density at radius 3 is 1.97 bits per heavy atom. The molecular weight excluding hydrogens is 427 g/mol. The molecule has 0 fully saturated rings. The van der Waals surface area contributed by atoms with Crippen LogP contribution < -0.4 is 4.74 Å². The van der Waals surface area contributed by atoms with E-state index in [1.54, 1.807) is 34.8 Å². The minimum absolute atomic E-state index is 0.121.